The molecular weight excluding hydrogens is 444 g/mol. The van der Waals surface area contributed by atoms with Gasteiger partial charge in [-0.05, 0) is 74.4 Å². The van der Waals surface area contributed by atoms with Crippen LogP contribution in [0, 0.1) is 37.5 Å². The Balaban J connectivity index is 1.26. The number of hydrogen-bond acceptors (Lipinski definition) is 5. The van der Waals surface area contributed by atoms with E-state index in [0.717, 1.165) is 36.1 Å². The number of carbonyl (C=O) groups is 4. The van der Waals surface area contributed by atoms with Gasteiger partial charge in [0.05, 0.1) is 23.4 Å². The molecule has 182 valence electrons. The van der Waals surface area contributed by atoms with Crippen molar-refractivity contribution >= 4 is 35.1 Å². The van der Waals surface area contributed by atoms with Crippen molar-refractivity contribution in [3.63, 3.8) is 0 Å². The highest BCUT2D eigenvalue weighted by atomic mass is 16.5. The smallest absolute Gasteiger partial charge is 0.316 e. The molecule has 3 amide bonds. The van der Waals surface area contributed by atoms with Crippen molar-refractivity contribution < 1.29 is 23.9 Å². The minimum atomic E-state index is -0.562. The summed E-state index contributed by atoms with van der Waals surface area (Å²) >= 11 is 0. The molecule has 0 radical (unpaired) electrons. The summed E-state index contributed by atoms with van der Waals surface area (Å²) in [5.74, 6) is -1.08. The fourth-order valence-electron chi connectivity index (χ4n) is 5.82. The third-order valence-electron chi connectivity index (χ3n) is 7.67. The first kappa shape index (κ1) is 23.3. The number of ether oxygens (including phenoxy) is 1. The number of carbonyl (C=O) groups excluding carboxylic acids is 4. The standard InChI is InChI=1S/C28H30N2O5/c1-16-7-12-22-23(13-16)27(33)30(26(22)32)20-8-10-21(11-9-20)35-28(34)19-14-24(31)29(15-19)25-17(2)5-4-6-18(25)3/h4-6,8-11,16,19,22-23H,7,12-15H2,1-3H3/t16-,19+,22+,23-/m0/s1. The Morgan fingerprint density at radius 2 is 1.57 bits per heavy atom. The predicted octanol–water partition coefficient (Wildman–Crippen LogP) is 4.19. The summed E-state index contributed by atoms with van der Waals surface area (Å²) in [5.41, 5.74) is 3.33. The van der Waals surface area contributed by atoms with Gasteiger partial charge < -0.3 is 9.64 Å². The zero-order chi connectivity index (χ0) is 24.9. The number of hydrogen-bond donors (Lipinski definition) is 0. The lowest BCUT2D eigenvalue weighted by atomic mass is 9.76. The van der Waals surface area contributed by atoms with E-state index in [0.29, 0.717) is 17.4 Å². The SMILES string of the molecule is Cc1cccc(C)c1N1C[C@H](C(=O)Oc2ccc(N3C(=O)[C@H]4C[C@@H](C)CC[C@H]4C3=O)cc2)CC1=O. The Morgan fingerprint density at radius 1 is 0.914 bits per heavy atom. The van der Waals surface area contributed by atoms with Crippen molar-refractivity contribution in [3.8, 4) is 5.75 Å². The number of anilines is 2. The number of amides is 3. The van der Waals surface area contributed by atoms with Crippen molar-refractivity contribution in [2.45, 2.75) is 46.5 Å². The molecule has 0 spiro atoms. The monoisotopic (exact) mass is 474 g/mol. The van der Waals surface area contributed by atoms with E-state index in [9.17, 15) is 19.2 Å². The molecule has 2 saturated heterocycles. The number of fused-ring (bicyclic) bond motifs is 1. The van der Waals surface area contributed by atoms with Crippen LogP contribution < -0.4 is 14.5 Å². The van der Waals surface area contributed by atoms with Crippen LogP contribution in [0.4, 0.5) is 11.4 Å². The van der Waals surface area contributed by atoms with Gasteiger partial charge in [-0.3, -0.25) is 24.1 Å². The molecule has 0 aromatic heterocycles. The first-order valence-electron chi connectivity index (χ1n) is 12.3. The van der Waals surface area contributed by atoms with E-state index in [1.165, 1.54) is 4.90 Å². The maximum absolute atomic E-state index is 12.9. The molecule has 5 rings (SSSR count). The lowest BCUT2D eigenvalue weighted by molar-refractivity contribution is -0.139. The topological polar surface area (TPSA) is 84.0 Å². The van der Waals surface area contributed by atoms with Crippen LogP contribution in [0.5, 0.6) is 5.75 Å². The largest absolute Gasteiger partial charge is 0.426 e. The van der Waals surface area contributed by atoms with Crippen LogP contribution in [0.15, 0.2) is 42.5 Å². The second-order valence-electron chi connectivity index (χ2n) is 10.2. The molecule has 3 fully saturated rings. The van der Waals surface area contributed by atoms with Crippen LogP contribution in [0.25, 0.3) is 0 Å². The summed E-state index contributed by atoms with van der Waals surface area (Å²) in [6.07, 6.45) is 2.57. The normalized spacial score (nSPS) is 26.3. The zero-order valence-corrected chi connectivity index (χ0v) is 20.3. The molecule has 2 heterocycles. The van der Waals surface area contributed by atoms with Crippen LogP contribution >= 0.6 is 0 Å². The molecule has 1 aliphatic carbocycles. The third kappa shape index (κ3) is 4.13. The summed E-state index contributed by atoms with van der Waals surface area (Å²) in [4.78, 5) is 54.3. The van der Waals surface area contributed by atoms with E-state index in [4.69, 9.17) is 4.74 Å². The van der Waals surface area contributed by atoms with Gasteiger partial charge in [-0.25, -0.2) is 0 Å². The van der Waals surface area contributed by atoms with Crippen molar-refractivity contribution in [1.29, 1.82) is 0 Å². The summed E-state index contributed by atoms with van der Waals surface area (Å²) in [5, 5.41) is 0. The van der Waals surface area contributed by atoms with Gasteiger partial charge in [-0.2, -0.15) is 0 Å². The molecular formula is C28H30N2O5. The van der Waals surface area contributed by atoms with Gasteiger partial charge in [0.1, 0.15) is 5.75 Å². The van der Waals surface area contributed by atoms with Gasteiger partial charge in [0.25, 0.3) is 0 Å². The number of para-hydroxylation sites is 1. The summed E-state index contributed by atoms with van der Waals surface area (Å²) in [6, 6.07) is 12.3. The van der Waals surface area contributed by atoms with Crippen LogP contribution in [0.2, 0.25) is 0 Å². The van der Waals surface area contributed by atoms with Crippen molar-refractivity contribution in [2.24, 2.45) is 23.7 Å². The average Bonchev–Trinajstić information content (AvgIpc) is 3.32. The van der Waals surface area contributed by atoms with E-state index in [-0.39, 0.29) is 42.5 Å². The molecule has 2 aromatic rings. The Morgan fingerprint density at radius 3 is 2.26 bits per heavy atom. The van der Waals surface area contributed by atoms with Gasteiger partial charge in [0, 0.05) is 18.7 Å². The second kappa shape index (κ2) is 8.95. The Hall–Kier alpha value is -3.48. The van der Waals surface area contributed by atoms with Crippen molar-refractivity contribution in [1.82, 2.24) is 0 Å². The molecule has 4 atom stereocenters. The fourth-order valence-corrected chi connectivity index (χ4v) is 5.82. The van der Waals surface area contributed by atoms with Crippen LogP contribution in [-0.4, -0.2) is 30.2 Å². The number of rotatable bonds is 4. The van der Waals surface area contributed by atoms with Gasteiger partial charge in [0.2, 0.25) is 17.7 Å². The zero-order valence-electron chi connectivity index (χ0n) is 20.3. The fraction of sp³-hybridized carbons (Fsp3) is 0.429. The van der Waals surface area contributed by atoms with Gasteiger partial charge >= 0.3 is 5.97 Å². The van der Waals surface area contributed by atoms with E-state index < -0.39 is 11.9 Å². The third-order valence-corrected chi connectivity index (χ3v) is 7.67. The van der Waals surface area contributed by atoms with E-state index in [2.05, 4.69) is 6.92 Å². The van der Waals surface area contributed by atoms with Gasteiger partial charge in [-0.1, -0.05) is 25.1 Å². The molecule has 2 aromatic carbocycles. The minimum Gasteiger partial charge on any atom is -0.426 e. The molecule has 2 aliphatic heterocycles. The van der Waals surface area contributed by atoms with E-state index in [1.807, 2.05) is 32.0 Å². The highest BCUT2D eigenvalue weighted by Crippen LogP contribution is 2.42. The minimum absolute atomic E-state index is 0.0958. The predicted molar refractivity (Wildman–Crippen MR) is 131 cm³/mol. The number of imide groups is 1. The first-order valence-corrected chi connectivity index (χ1v) is 12.3. The van der Waals surface area contributed by atoms with Crippen molar-refractivity contribution in [3.05, 3.63) is 53.6 Å². The summed E-state index contributed by atoms with van der Waals surface area (Å²) < 4.78 is 5.57. The Labute approximate surface area is 205 Å². The van der Waals surface area contributed by atoms with Gasteiger partial charge in [0.15, 0.2) is 0 Å². The Kier molecular flexibility index (Phi) is 5.95. The highest BCUT2D eigenvalue weighted by molar-refractivity contribution is 6.22. The maximum Gasteiger partial charge on any atom is 0.316 e. The molecule has 0 N–H and O–H groups in total. The average molecular weight is 475 g/mol. The van der Waals surface area contributed by atoms with Crippen LogP contribution in [0.3, 0.4) is 0 Å². The van der Waals surface area contributed by atoms with Crippen LogP contribution in [0.1, 0.15) is 43.7 Å². The lowest BCUT2D eigenvalue weighted by Gasteiger charge is -2.25. The molecule has 0 unspecified atom stereocenters. The van der Waals surface area contributed by atoms with E-state index >= 15 is 0 Å². The van der Waals surface area contributed by atoms with Crippen molar-refractivity contribution in [2.75, 3.05) is 16.3 Å². The molecule has 7 nitrogen and oxygen atoms in total. The lowest BCUT2D eigenvalue weighted by Crippen LogP contribution is -2.30. The Bertz CT molecular complexity index is 1180. The van der Waals surface area contributed by atoms with E-state index in [1.54, 1.807) is 29.2 Å². The molecule has 3 aliphatic rings. The molecule has 0 bridgehead atoms. The number of nitrogens with zero attached hydrogens (tertiary/aromatic N) is 2. The van der Waals surface area contributed by atoms with Gasteiger partial charge in [-0.15, -0.1) is 0 Å². The summed E-state index contributed by atoms with van der Waals surface area (Å²) in [7, 11) is 0. The molecule has 7 heteroatoms. The molecule has 35 heavy (non-hydrogen) atoms. The maximum atomic E-state index is 12.9. The highest BCUT2D eigenvalue weighted by Gasteiger charge is 2.50. The number of benzene rings is 2. The second-order valence-corrected chi connectivity index (χ2v) is 10.2. The van der Waals surface area contributed by atoms with Crippen LogP contribution in [-0.2, 0) is 19.2 Å². The molecule has 1 saturated carbocycles. The number of esters is 1. The summed E-state index contributed by atoms with van der Waals surface area (Å²) in [6.45, 7) is 6.31. The quantitative estimate of drug-likeness (QED) is 0.377. The number of aryl methyl sites for hydroxylation is 2. The first-order chi connectivity index (χ1) is 16.7.